The number of rotatable bonds is 5. The van der Waals surface area contributed by atoms with Crippen LogP contribution in [0.4, 0.5) is 0 Å². The SMILES string of the molecule is CC(CNC(=O)CC12CC3CC(CC(C3)C1)C2)n1cncn1. The van der Waals surface area contributed by atoms with Crippen LogP contribution in [0.3, 0.4) is 0 Å². The zero-order valence-corrected chi connectivity index (χ0v) is 13.4. The van der Waals surface area contributed by atoms with E-state index in [1.54, 1.807) is 11.0 Å². The monoisotopic (exact) mass is 302 g/mol. The van der Waals surface area contributed by atoms with Gasteiger partial charge in [0.2, 0.25) is 5.91 Å². The van der Waals surface area contributed by atoms with Gasteiger partial charge in [0.1, 0.15) is 12.7 Å². The third kappa shape index (κ3) is 2.66. The van der Waals surface area contributed by atoms with Gasteiger partial charge in [-0.25, -0.2) is 9.67 Å². The number of carbonyl (C=O) groups excluding carboxylic acids is 1. The van der Waals surface area contributed by atoms with Gasteiger partial charge in [0.05, 0.1) is 6.04 Å². The number of hydrogen-bond acceptors (Lipinski definition) is 3. The molecule has 4 saturated carbocycles. The Balaban J connectivity index is 1.32. The summed E-state index contributed by atoms with van der Waals surface area (Å²) in [6, 6.07) is 0.155. The molecule has 4 aliphatic rings. The van der Waals surface area contributed by atoms with Gasteiger partial charge in [-0.15, -0.1) is 0 Å². The Morgan fingerprint density at radius 2 is 1.91 bits per heavy atom. The van der Waals surface area contributed by atoms with Crippen LogP contribution in [0.15, 0.2) is 12.7 Å². The van der Waals surface area contributed by atoms with Crippen LogP contribution in [0.1, 0.15) is 57.9 Å². The Bertz CT molecular complexity index is 504. The molecule has 1 heterocycles. The molecule has 5 rings (SSSR count). The number of nitrogens with one attached hydrogen (secondary N) is 1. The predicted molar refractivity (Wildman–Crippen MR) is 83.0 cm³/mol. The average Bonchev–Trinajstić information content (AvgIpc) is 2.97. The molecule has 0 saturated heterocycles. The van der Waals surface area contributed by atoms with Crippen molar-refractivity contribution in [1.29, 1.82) is 0 Å². The van der Waals surface area contributed by atoms with Crippen molar-refractivity contribution >= 4 is 5.91 Å². The molecular formula is C17H26N4O. The van der Waals surface area contributed by atoms with Crippen molar-refractivity contribution < 1.29 is 4.79 Å². The first-order valence-corrected chi connectivity index (χ1v) is 8.73. The van der Waals surface area contributed by atoms with Crippen LogP contribution in [0, 0.1) is 23.2 Å². The first-order chi connectivity index (χ1) is 10.6. The highest BCUT2D eigenvalue weighted by Gasteiger charge is 2.51. The molecule has 1 amide bonds. The summed E-state index contributed by atoms with van der Waals surface area (Å²) in [6.45, 7) is 2.69. The second-order valence-electron chi connectivity index (χ2n) is 8.12. The number of aromatic nitrogens is 3. The lowest BCUT2D eigenvalue weighted by Crippen LogP contribution is -2.48. The fourth-order valence-electron chi connectivity index (χ4n) is 5.71. The Kier molecular flexibility index (Phi) is 3.46. The Morgan fingerprint density at radius 1 is 1.27 bits per heavy atom. The molecule has 0 aromatic carbocycles. The number of carbonyl (C=O) groups is 1. The summed E-state index contributed by atoms with van der Waals surface area (Å²) in [4.78, 5) is 16.4. The summed E-state index contributed by atoms with van der Waals surface area (Å²) in [6.07, 6.45) is 12.2. The van der Waals surface area contributed by atoms with E-state index in [1.807, 2.05) is 0 Å². The third-order valence-corrected chi connectivity index (χ3v) is 6.18. The van der Waals surface area contributed by atoms with Crippen LogP contribution >= 0.6 is 0 Å². The maximum atomic E-state index is 12.4. The second-order valence-corrected chi connectivity index (χ2v) is 8.12. The van der Waals surface area contributed by atoms with Crippen LogP contribution in [-0.2, 0) is 4.79 Å². The quantitative estimate of drug-likeness (QED) is 0.909. The first kappa shape index (κ1) is 14.2. The first-order valence-electron chi connectivity index (χ1n) is 8.73. The van der Waals surface area contributed by atoms with E-state index in [0.29, 0.717) is 12.0 Å². The molecule has 22 heavy (non-hydrogen) atoms. The summed E-state index contributed by atoms with van der Waals surface area (Å²) in [5.41, 5.74) is 0.329. The van der Waals surface area contributed by atoms with E-state index in [0.717, 1.165) is 24.2 Å². The number of amides is 1. The van der Waals surface area contributed by atoms with E-state index in [2.05, 4.69) is 22.3 Å². The minimum atomic E-state index is 0.155. The molecule has 0 aliphatic heterocycles. The largest absolute Gasteiger partial charge is 0.354 e. The van der Waals surface area contributed by atoms with Crippen LogP contribution in [0.2, 0.25) is 0 Å². The fourth-order valence-corrected chi connectivity index (χ4v) is 5.71. The zero-order chi connectivity index (χ0) is 15.2. The van der Waals surface area contributed by atoms with Crippen molar-refractivity contribution in [3.05, 3.63) is 12.7 Å². The van der Waals surface area contributed by atoms with Crippen molar-refractivity contribution in [1.82, 2.24) is 20.1 Å². The van der Waals surface area contributed by atoms with Gasteiger partial charge in [-0.1, -0.05) is 0 Å². The van der Waals surface area contributed by atoms with Gasteiger partial charge >= 0.3 is 0 Å². The van der Waals surface area contributed by atoms with Crippen LogP contribution in [0.5, 0.6) is 0 Å². The highest BCUT2D eigenvalue weighted by atomic mass is 16.1. The van der Waals surface area contributed by atoms with E-state index in [4.69, 9.17) is 0 Å². The van der Waals surface area contributed by atoms with Gasteiger partial charge < -0.3 is 5.32 Å². The Hall–Kier alpha value is -1.39. The van der Waals surface area contributed by atoms with Crippen LogP contribution in [-0.4, -0.2) is 27.2 Å². The summed E-state index contributed by atoms with van der Waals surface area (Å²) >= 11 is 0. The topological polar surface area (TPSA) is 59.8 Å². The van der Waals surface area contributed by atoms with Crippen molar-refractivity contribution in [2.24, 2.45) is 23.2 Å². The van der Waals surface area contributed by atoms with E-state index in [-0.39, 0.29) is 11.9 Å². The lowest BCUT2D eigenvalue weighted by Gasteiger charge is -2.56. The van der Waals surface area contributed by atoms with E-state index in [1.165, 1.54) is 44.9 Å². The molecule has 4 aliphatic carbocycles. The molecule has 1 unspecified atom stereocenters. The zero-order valence-electron chi connectivity index (χ0n) is 13.4. The number of hydrogen-bond donors (Lipinski definition) is 1. The average molecular weight is 302 g/mol. The van der Waals surface area contributed by atoms with Crippen molar-refractivity contribution in [3.8, 4) is 0 Å². The summed E-state index contributed by atoms with van der Waals surface area (Å²) in [7, 11) is 0. The minimum Gasteiger partial charge on any atom is -0.354 e. The van der Waals surface area contributed by atoms with Crippen molar-refractivity contribution in [2.45, 2.75) is 57.9 Å². The number of nitrogens with zero attached hydrogens (tertiary/aromatic N) is 3. The molecule has 5 nitrogen and oxygen atoms in total. The van der Waals surface area contributed by atoms with Gasteiger partial charge in [-0.3, -0.25) is 4.79 Å². The molecule has 1 atom stereocenters. The Morgan fingerprint density at radius 3 is 2.45 bits per heavy atom. The third-order valence-electron chi connectivity index (χ3n) is 6.18. The Labute approximate surface area is 131 Å². The molecule has 120 valence electrons. The molecule has 4 bridgehead atoms. The van der Waals surface area contributed by atoms with Crippen molar-refractivity contribution in [2.75, 3.05) is 6.54 Å². The fraction of sp³-hybridized carbons (Fsp3) is 0.824. The maximum Gasteiger partial charge on any atom is 0.220 e. The molecule has 1 N–H and O–H groups in total. The summed E-state index contributed by atoms with van der Waals surface area (Å²) < 4.78 is 1.80. The summed E-state index contributed by atoms with van der Waals surface area (Å²) in [5.74, 6) is 2.96. The summed E-state index contributed by atoms with van der Waals surface area (Å²) in [5, 5.41) is 7.25. The molecular weight excluding hydrogens is 276 g/mol. The van der Waals surface area contributed by atoms with E-state index < -0.39 is 0 Å². The normalized spacial score (nSPS) is 37.2. The second kappa shape index (κ2) is 5.36. The molecule has 4 fully saturated rings. The molecule has 5 heteroatoms. The molecule has 0 spiro atoms. The van der Waals surface area contributed by atoms with Gasteiger partial charge in [-0.05, 0) is 68.6 Å². The van der Waals surface area contributed by atoms with Crippen LogP contribution < -0.4 is 5.32 Å². The predicted octanol–water partition coefficient (Wildman–Crippen LogP) is 2.56. The van der Waals surface area contributed by atoms with Gasteiger partial charge in [-0.2, -0.15) is 5.10 Å². The highest BCUT2D eigenvalue weighted by Crippen LogP contribution is 2.61. The van der Waals surface area contributed by atoms with Crippen molar-refractivity contribution in [3.63, 3.8) is 0 Å². The molecule has 0 radical (unpaired) electrons. The minimum absolute atomic E-state index is 0.155. The van der Waals surface area contributed by atoms with E-state index >= 15 is 0 Å². The van der Waals surface area contributed by atoms with Gasteiger partial charge in [0.15, 0.2) is 0 Å². The van der Waals surface area contributed by atoms with Crippen LogP contribution in [0.25, 0.3) is 0 Å². The molecule has 1 aromatic rings. The van der Waals surface area contributed by atoms with Gasteiger partial charge in [0.25, 0.3) is 0 Å². The maximum absolute atomic E-state index is 12.4. The standard InChI is InChI=1S/C17H26N4O/c1-12(21-11-18-10-20-21)9-19-16(22)8-17-5-13-2-14(6-17)4-15(3-13)7-17/h10-15H,2-9H2,1H3,(H,19,22). The lowest BCUT2D eigenvalue weighted by molar-refractivity contribution is -0.129. The smallest absolute Gasteiger partial charge is 0.220 e. The molecule has 1 aromatic heterocycles. The lowest BCUT2D eigenvalue weighted by atomic mass is 9.49. The van der Waals surface area contributed by atoms with Gasteiger partial charge in [0, 0.05) is 13.0 Å². The highest BCUT2D eigenvalue weighted by molar-refractivity contribution is 5.76. The van der Waals surface area contributed by atoms with E-state index in [9.17, 15) is 4.79 Å².